The van der Waals surface area contributed by atoms with Crippen molar-refractivity contribution in [3.8, 4) is 0 Å². The highest BCUT2D eigenvalue weighted by Crippen LogP contribution is 2.35. The Kier molecular flexibility index (Phi) is 3.99. The second-order valence-corrected chi connectivity index (χ2v) is 5.95. The van der Waals surface area contributed by atoms with Gasteiger partial charge in [0.05, 0.1) is 23.5 Å². The summed E-state index contributed by atoms with van der Waals surface area (Å²) < 4.78 is 7.63. The van der Waals surface area contributed by atoms with E-state index >= 15 is 0 Å². The molecule has 1 aromatic rings. The molecule has 1 amide bonds. The summed E-state index contributed by atoms with van der Waals surface area (Å²) in [5.74, 6) is 0.0230. The van der Waals surface area contributed by atoms with Crippen LogP contribution in [0.15, 0.2) is 12.4 Å². The van der Waals surface area contributed by atoms with E-state index < -0.39 is 11.7 Å². The van der Waals surface area contributed by atoms with E-state index in [-0.39, 0.29) is 5.91 Å². The third kappa shape index (κ3) is 2.70. The molecule has 116 valence electrons. The van der Waals surface area contributed by atoms with Gasteiger partial charge in [0.15, 0.2) is 0 Å². The lowest BCUT2D eigenvalue weighted by Crippen LogP contribution is -2.56. The summed E-state index contributed by atoms with van der Waals surface area (Å²) in [6.07, 6.45) is 6.16. The van der Waals surface area contributed by atoms with Crippen molar-refractivity contribution in [2.45, 2.75) is 50.9 Å². The van der Waals surface area contributed by atoms with Gasteiger partial charge in [-0.25, -0.2) is 0 Å². The number of amides is 1. The van der Waals surface area contributed by atoms with Gasteiger partial charge < -0.3 is 14.7 Å². The van der Waals surface area contributed by atoms with E-state index in [9.17, 15) is 9.90 Å². The Balaban J connectivity index is 1.63. The molecule has 0 bridgehead atoms. The molecular weight excluding hydrogens is 270 g/mol. The molecule has 6 nitrogen and oxygen atoms in total. The van der Waals surface area contributed by atoms with E-state index in [1.807, 2.05) is 11.8 Å². The Bertz CT molecular complexity index is 506. The number of likely N-dealkylation sites (tertiary alicyclic amines) is 1. The first-order valence-electron chi connectivity index (χ1n) is 7.78. The zero-order valence-corrected chi connectivity index (χ0v) is 12.5. The first-order chi connectivity index (χ1) is 10.1. The van der Waals surface area contributed by atoms with Crippen molar-refractivity contribution in [1.82, 2.24) is 14.7 Å². The summed E-state index contributed by atoms with van der Waals surface area (Å²) in [6.45, 7) is 4.73. The number of nitrogens with zero attached hydrogens (tertiary/aromatic N) is 3. The Morgan fingerprint density at radius 1 is 1.52 bits per heavy atom. The second-order valence-electron chi connectivity index (χ2n) is 5.95. The molecule has 1 spiro atoms. The van der Waals surface area contributed by atoms with Crippen molar-refractivity contribution in [1.29, 1.82) is 0 Å². The van der Waals surface area contributed by atoms with E-state index in [1.54, 1.807) is 17.1 Å². The van der Waals surface area contributed by atoms with Crippen molar-refractivity contribution in [2.75, 3.05) is 19.7 Å². The van der Waals surface area contributed by atoms with Crippen LogP contribution in [0.3, 0.4) is 0 Å². The summed E-state index contributed by atoms with van der Waals surface area (Å²) in [6, 6.07) is 0. The number of aryl methyl sites for hydroxylation is 1. The van der Waals surface area contributed by atoms with Crippen LogP contribution in [0.25, 0.3) is 0 Å². The molecule has 1 N–H and O–H groups in total. The van der Waals surface area contributed by atoms with E-state index in [4.69, 9.17) is 4.74 Å². The molecule has 3 rings (SSSR count). The maximum Gasteiger partial charge on any atom is 0.257 e. The molecule has 2 saturated heterocycles. The van der Waals surface area contributed by atoms with E-state index in [2.05, 4.69) is 5.10 Å². The number of carbonyl (C=O) groups excluding carboxylic acids is 1. The van der Waals surface area contributed by atoms with Gasteiger partial charge in [-0.1, -0.05) is 0 Å². The minimum atomic E-state index is -0.428. The summed E-state index contributed by atoms with van der Waals surface area (Å²) in [5.41, 5.74) is 0.209. The monoisotopic (exact) mass is 293 g/mol. The number of aliphatic hydroxyl groups excluding tert-OH is 1. The topological polar surface area (TPSA) is 67.6 Å². The predicted octanol–water partition coefficient (Wildman–Crippen LogP) is 1.05. The summed E-state index contributed by atoms with van der Waals surface area (Å²) in [4.78, 5) is 14.3. The fourth-order valence-corrected chi connectivity index (χ4v) is 3.31. The van der Waals surface area contributed by atoms with Crippen molar-refractivity contribution < 1.29 is 14.6 Å². The largest absolute Gasteiger partial charge is 0.390 e. The first kappa shape index (κ1) is 14.5. The van der Waals surface area contributed by atoms with E-state index in [1.165, 1.54) is 0 Å². The second kappa shape index (κ2) is 5.77. The van der Waals surface area contributed by atoms with Crippen molar-refractivity contribution in [2.24, 2.45) is 0 Å². The molecule has 0 unspecified atom stereocenters. The number of rotatable bonds is 2. The molecule has 3 heterocycles. The van der Waals surface area contributed by atoms with Gasteiger partial charge in [0.25, 0.3) is 5.91 Å². The normalized spacial score (nSPS) is 25.2. The fraction of sp³-hybridized carbons (Fsp3) is 0.733. The average molecular weight is 293 g/mol. The number of carbonyl (C=O) groups is 1. The van der Waals surface area contributed by atoms with Gasteiger partial charge >= 0.3 is 0 Å². The minimum Gasteiger partial charge on any atom is -0.390 e. The van der Waals surface area contributed by atoms with Crippen LogP contribution in [0.2, 0.25) is 0 Å². The maximum absolute atomic E-state index is 12.5. The third-order valence-electron chi connectivity index (χ3n) is 4.72. The fourth-order valence-electron chi connectivity index (χ4n) is 3.31. The minimum absolute atomic E-state index is 0.0230. The highest BCUT2D eigenvalue weighted by Gasteiger charge is 2.44. The highest BCUT2D eigenvalue weighted by atomic mass is 16.5. The number of hydrogen-bond acceptors (Lipinski definition) is 4. The number of aliphatic hydroxyl groups is 1. The molecule has 0 aliphatic carbocycles. The van der Waals surface area contributed by atoms with Gasteiger partial charge in [-0.2, -0.15) is 5.10 Å². The smallest absolute Gasteiger partial charge is 0.257 e. The maximum atomic E-state index is 12.5. The third-order valence-corrected chi connectivity index (χ3v) is 4.72. The number of aromatic nitrogens is 2. The Labute approximate surface area is 124 Å². The van der Waals surface area contributed by atoms with Crippen LogP contribution in [0.4, 0.5) is 0 Å². The van der Waals surface area contributed by atoms with Gasteiger partial charge in [0.2, 0.25) is 0 Å². The zero-order valence-electron chi connectivity index (χ0n) is 12.5. The summed E-state index contributed by atoms with van der Waals surface area (Å²) in [7, 11) is 0. The molecule has 6 heteroatoms. The van der Waals surface area contributed by atoms with Crippen LogP contribution >= 0.6 is 0 Å². The molecule has 2 fully saturated rings. The van der Waals surface area contributed by atoms with Gasteiger partial charge in [0.1, 0.15) is 0 Å². The van der Waals surface area contributed by atoms with Crippen LogP contribution in [0.1, 0.15) is 43.0 Å². The summed E-state index contributed by atoms with van der Waals surface area (Å²) >= 11 is 0. The molecule has 0 aromatic carbocycles. The SMILES string of the molecule is CCn1cc(C(=O)N2CCC3(CC2)OCCC[C@@H]3O)cn1. The van der Waals surface area contributed by atoms with Crippen LogP contribution < -0.4 is 0 Å². The highest BCUT2D eigenvalue weighted by molar-refractivity contribution is 5.93. The van der Waals surface area contributed by atoms with Crippen molar-refractivity contribution >= 4 is 5.91 Å². The van der Waals surface area contributed by atoms with Gasteiger partial charge in [-0.3, -0.25) is 9.48 Å². The van der Waals surface area contributed by atoms with Crippen LogP contribution in [0.5, 0.6) is 0 Å². The van der Waals surface area contributed by atoms with Gasteiger partial charge in [-0.05, 0) is 32.6 Å². The number of piperidine rings is 1. The molecule has 2 aliphatic rings. The molecule has 1 aromatic heterocycles. The van der Waals surface area contributed by atoms with Crippen molar-refractivity contribution in [3.63, 3.8) is 0 Å². The Hall–Kier alpha value is -1.40. The van der Waals surface area contributed by atoms with Crippen LogP contribution in [-0.2, 0) is 11.3 Å². The molecule has 0 radical (unpaired) electrons. The molecule has 1 atom stereocenters. The average Bonchev–Trinajstić information content (AvgIpc) is 2.99. The lowest BCUT2D eigenvalue weighted by Gasteiger charge is -2.46. The van der Waals surface area contributed by atoms with E-state index in [0.29, 0.717) is 38.1 Å². The number of ether oxygens (including phenoxy) is 1. The van der Waals surface area contributed by atoms with Gasteiger partial charge in [-0.15, -0.1) is 0 Å². The lowest BCUT2D eigenvalue weighted by molar-refractivity contribution is -0.174. The quantitative estimate of drug-likeness (QED) is 0.885. The lowest BCUT2D eigenvalue weighted by atomic mass is 9.82. The number of hydrogen-bond donors (Lipinski definition) is 1. The first-order valence-corrected chi connectivity index (χ1v) is 7.78. The van der Waals surface area contributed by atoms with Crippen LogP contribution in [-0.4, -0.2) is 57.1 Å². The summed E-state index contributed by atoms with van der Waals surface area (Å²) in [5, 5.41) is 14.4. The predicted molar refractivity (Wildman–Crippen MR) is 77.0 cm³/mol. The van der Waals surface area contributed by atoms with Crippen molar-refractivity contribution in [3.05, 3.63) is 18.0 Å². The zero-order chi connectivity index (χ0) is 14.9. The Morgan fingerprint density at radius 2 is 2.29 bits per heavy atom. The van der Waals surface area contributed by atoms with E-state index in [0.717, 1.165) is 19.4 Å². The van der Waals surface area contributed by atoms with Crippen LogP contribution in [0, 0.1) is 0 Å². The standard InChI is InChI=1S/C15H23N3O3/c1-2-18-11-12(10-16-18)14(20)17-7-5-15(6-8-17)13(19)4-3-9-21-15/h10-11,13,19H,2-9H2,1H3/t13-/m0/s1. The Morgan fingerprint density at radius 3 is 2.90 bits per heavy atom. The molecule has 0 saturated carbocycles. The molecular formula is C15H23N3O3. The van der Waals surface area contributed by atoms with Gasteiger partial charge in [0, 0.05) is 32.4 Å². The molecule has 21 heavy (non-hydrogen) atoms. The molecule has 2 aliphatic heterocycles.